The zero-order chi connectivity index (χ0) is 17.6. The van der Waals surface area contributed by atoms with Gasteiger partial charge in [-0.3, -0.25) is 9.63 Å². The number of nitrogens with zero attached hydrogens (tertiary/aromatic N) is 2. The molecule has 3 rings (SSSR count). The molecule has 0 spiro atoms. The Balaban J connectivity index is 1.91. The number of hydrogen-bond acceptors (Lipinski definition) is 4. The van der Waals surface area contributed by atoms with Crippen molar-refractivity contribution >= 4 is 5.91 Å². The Labute approximate surface area is 146 Å². The second kappa shape index (κ2) is 7.77. The Morgan fingerprint density at radius 2 is 1.64 bits per heavy atom. The van der Waals surface area contributed by atoms with Crippen molar-refractivity contribution in [3.8, 4) is 22.6 Å². The van der Waals surface area contributed by atoms with E-state index in [1.807, 2.05) is 60.7 Å². The predicted molar refractivity (Wildman–Crippen MR) is 95.5 cm³/mol. The molecule has 0 radical (unpaired) electrons. The highest BCUT2D eigenvalue weighted by Gasteiger charge is 2.18. The molecule has 0 aliphatic rings. The van der Waals surface area contributed by atoms with Gasteiger partial charge in [0.25, 0.3) is 0 Å². The topological polar surface area (TPSA) is 55.6 Å². The highest BCUT2D eigenvalue weighted by atomic mass is 16.7. The SMILES string of the molecule is CON(C)C(=O)CCc1nc(-c2ccccc2)c(-c2ccccc2)o1. The molecule has 0 saturated carbocycles. The second-order valence-electron chi connectivity index (χ2n) is 5.59. The lowest BCUT2D eigenvalue weighted by atomic mass is 10.1. The van der Waals surface area contributed by atoms with Crippen molar-refractivity contribution in [3.05, 3.63) is 66.6 Å². The Morgan fingerprint density at radius 1 is 1.04 bits per heavy atom. The summed E-state index contributed by atoms with van der Waals surface area (Å²) in [7, 11) is 3.05. The number of amides is 1. The lowest BCUT2D eigenvalue weighted by molar-refractivity contribution is -0.168. The maximum Gasteiger partial charge on any atom is 0.246 e. The predicted octanol–water partition coefficient (Wildman–Crippen LogP) is 3.96. The van der Waals surface area contributed by atoms with Crippen LogP contribution in [-0.2, 0) is 16.1 Å². The summed E-state index contributed by atoms with van der Waals surface area (Å²) in [6.45, 7) is 0. The summed E-state index contributed by atoms with van der Waals surface area (Å²) in [6.07, 6.45) is 0.687. The second-order valence-corrected chi connectivity index (χ2v) is 5.59. The number of aryl methyl sites for hydroxylation is 1. The van der Waals surface area contributed by atoms with Crippen LogP contribution in [0, 0.1) is 0 Å². The number of hydroxylamine groups is 2. The normalized spacial score (nSPS) is 10.6. The number of hydrogen-bond donors (Lipinski definition) is 0. The zero-order valence-corrected chi connectivity index (χ0v) is 14.3. The van der Waals surface area contributed by atoms with Crippen LogP contribution < -0.4 is 0 Å². The van der Waals surface area contributed by atoms with Crippen molar-refractivity contribution in [2.45, 2.75) is 12.8 Å². The fourth-order valence-corrected chi connectivity index (χ4v) is 2.52. The van der Waals surface area contributed by atoms with Gasteiger partial charge in [0, 0.05) is 31.0 Å². The van der Waals surface area contributed by atoms with Gasteiger partial charge >= 0.3 is 0 Å². The van der Waals surface area contributed by atoms with E-state index >= 15 is 0 Å². The Hall–Kier alpha value is -2.92. The Morgan fingerprint density at radius 3 is 2.24 bits per heavy atom. The average Bonchev–Trinajstić information content (AvgIpc) is 3.11. The summed E-state index contributed by atoms with van der Waals surface area (Å²) in [4.78, 5) is 21.4. The molecule has 0 aliphatic heterocycles. The van der Waals surface area contributed by atoms with Gasteiger partial charge in [-0.25, -0.2) is 10.0 Å². The third-order valence-corrected chi connectivity index (χ3v) is 3.93. The number of carbonyl (C=O) groups is 1. The molecule has 0 saturated heterocycles. The summed E-state index contributed by atoms with van der Waals surface area (Å²) in [5, 5.41) is 1.21. The molecule has 3 aromatic rings. The van der Waals surface area contributed by atoms with Gasteiger partial charge < -0.3 is 4.42 Å². The van der Waals surface area contributed by atoms with E-state index in [2.05, 4.69) is 4.98 Å². The molecule has 5 nitrogen and oxygen atoms in total. The highest BCUT2D eigenvalue weighted by molar-refractivity contribution is 5.77. The minimum atomic E-state index is -0.122. The lowest BCUT2D eigenvalue weighted by Crippen LogP contribution is -2.25. The number of benzene rings is 2. The van der Waals surface area contributed by atoms with E-state index in [0.29, 0.717) is 18.1 Å². The number of carbonyl (C=O) groups excluding carboxylic acids is 1. The van der Waals surface area contributed by atoms with Crippen LogP contribution in [0.15, 0.2) is 65.1 Å². The molecular formula is C20H20N2O3. The van der Waals surface area contributed by atoms with Gasteiger partial charge in [0.2, 0.25) is 5.91 Å². The van der Waals surface area contributed by atoms with E-state index in [0.717, 1.165) is 16.8 Å². The van der Waals surface area contributed by atoms with Gasteiger partial charge in [0.15, 0.2) is 11.7 Å². The van der Waals surface area contributed by atoms with Crippen LogP contribution in [-0.4, -0.2) is 30.1 Å². The third kappa shape index (κ3) is 3.95. The third-order valence-electron chi connectivity index (χ3n) is 3.93. The molecule has 25 heavy (non-hydrogen) atoms. The minimum absolute atomic E-state index is 0.122. The molecule has 0 bridgehead atoms. The van der Waals surface area contributed by atoms with E-state index in [1.165, 1.54) is 12.2 Å². The number of oxazole rings is 1. The molecular weight excluding hydrogens is 316 g/mol. The van der Waals surface area contributed by atoms with Crippen molar-refractivity contribution in [2.75, 3.05) is 14.2 Å². The van der Waals surface area contributed by atoms with Crippen molar-refractivity contribution in [1.29, 1.82) is 0 Å². The largest absolute Gasteiger partial charge is 0.440 e. The monoisotopic (exact) mass is 336 g/mol. The molecule has 0 unspecified atom stereocenters. The maximum absolute atomic E-state index is 11.9. The van der Waals surface area contributed by atoms with Gasteiger partial charge in [-0.2, -0.15) is 0 Å². The molecule has 1 amide bonds. The molecule has 1 heterocycles. The average molecular weight is 336 g/mol. The summed E-state index contributed by atoms with van der Waals surface area (Å²) in [5.41, 5.74) is 2.73. The summed E-state index contributed by atoms with van der Waals surface area (Å²) in [5.74, 6) is 1.13. The van der Waals surface area contributed by atoms with Crippen LogP contribution in [0.25, 0.3) is 22.6 Å². The van der Waals surface area contributed by atoms with Crippen molar-refractivity contribution < 1.29 is 14.0 Å². The van der Waals surface area contributed by atoms with Crippen LogP contribution >= 0.6 is 0 Å². The first-order valence-corrected chi connectivity index (χ1v) is 8.10. The number of rotatable bonds is 6. The molecule has 128 valence electrons. The summed E-state index contributed by atoms with van der Waals surface area (Å²) >= 11 is 0. The van der Waals surface area contributed by atoms with Gasteiger partial charge in [-0.05, 0) is 0 Å². The minimum Gasteiger partial charge on any atom is -0.440 e. The van der Waals surface area contributed by atoms with E-state index in [1.54, 1.807) is 7.05 Å². The molecule has 2 aromatic carbocycles. The van der Waals surface area contributed by atoms with Crippen LogP contribution in [0.1, 0.15) is 12.3 Å². The zero-order valence-electron chi connectivity index (χ0n) is 14.3. The van der Waals surface area contributed by atoms with Gasteiger partial charge in [0.05, 0.1) is 7.11 Å². The maximum atomic E-state index is 11.9. The van der Waals surface area contributed by atoms with Crippen molar-refractivity contribution in [2.24, 2.45) is 0 Å². The molecule has 0 N–H and O–H groups in total. The van der Waals surface area contributed by atoms with Gasteiger partial charge in [0.1, 0.15) is 5.69 Å². The first kappa shape index (κ1) is 16.9. The quantitative estimate of drug-likeness (QED) is 0.639. The molecule has 5 heteroatoms. The smallest absolute Gasteiger partial charge is 0.246 e. The van der Waals surface area contributed by atoms with Crippen molar-refractivity contribution in [1.82, 2.24) is 10.0 Å². The van der Waals surface area contributed by atoms with Gasteiger partial charge in [-0.15, -0.1) is 0 Å². The standard InChI is InChI=1S/C20H20N2O3/c1-22(24-2)18(23)14-13-17-21-19(15-9-5-3-6-10-15)20(25-17)16-11-7-4-8-12-16/h3-12H,13-14H2,1-2H3. The molecule has 1 aromatic heterocycles. The van der Waals surface area contributed by atoms with E-state index < -0.39 is 0 Å². The van der Waals surface area contributed by atoms with E-state index in [9.17, 15) is 4.79 Å². The molecule has 0 aliphatic carbocycles. The molecule has 0 atom stereocenters. The van der Waals surface area contributed by atoms with Crippen LogP contribution in [0.2, 0.25) is 0 Å². The molecule has 0 fully saturated rings. The number of aromatic nitrogens is 1. The first-order chi connectivity index (χ1) is 12.2. The van der Waals surface area contributed by atoms with Crippen LogP contribution in [0.3, 0.4) is 0 Å². The summed E-state index contributed by atoms with van der Waals surface area (Å²) < 4.78 is 6.00. The van der Waals surface area contributed by atoms with Crippen LogP contribution in [0.4, 0.5) is 0 Å². The van der Waals surface area contributed by atoms with E-state index in [4.69, 9.17) is 9.25 Å². The fraction of sp³-hybridized carbons (Fsp3) is 0.200. The summed E-state index contributed by atoms with van der Waals surface area (Å²) in [6, 6.07) is 19.8. The fourth-order valence-electron chi connectivity index (χ4n) is 2.52. The Kier molecular flexibility index (Phi) is 5.26. The van der Waals surface area contributed by atoms with Gasteiger partial charge in [-0.1, -0.05) is 60.7 Å². The van der Waals surface area contributed by atoms with E-state index in [-0.39, 0.29) is 12.3 Å². The first-order valence-electron chi connectivity index (χ1n) is 8.10. The van der Waals surface area contributed by atoms with Crippen LogP contribution in [0.5, 0.6) is 0 Å². The van der Waals surface area contributed by atoms with Crippen molar-refractivity contribution in [3.63, 3.8) is 0 Å². The lowest BCUT2D eigenvalue weighted by Gasteiger charge is -2.12. The Bertz CT molecular complexity index is 772. The highest BCUT2D eigenvalue weighted by Crippen LogP contribution is 2.32.